The minimum absolute atomic E-state index is 0.00439. The molecule has 6 atom stereocenters. The SMILES string of the molecule is CNC(=O)[C@H](Cc1ccccc1)NC(=O)[C@H](Cc1c[nH]cn1)NC(=O)[C@@H](NC(=O)[C@H](CCCNC(=N)N)NC(=O)[C@H](CCCCN)NC(C)S)C(C)C. The van der Waals surface area contributed by atoms with Crippen molar-refractivity contribution in [1.82, 2.24) is 47.2 Å². The Balaban J connectivity index is 2.29. The highest BCUT2D eigenvalue weighted by Crippen LogP contribution is 2.10. The van der Waals surface area contributed by atoms with Crippen molar-refractivity contribution in [2.45, 2.75) is 101 Å². The van der Waals surface area contributed by atoms with Crippen LogP contribution in [0, 0.1) is 11.3 Å². The minimum atomic E-state index is -1.16. The van der Waals surface area contributed by atoms with Crippen molar-refractivity contribution in [3.63, 3.8) is 0 Å². The van der Waals surface area contributed by atoms with Gasteiger partial charge < -0.3 is 48.4 Å². The lowest BCUT2D eigenvalue weighted by atomic mass is 10.00. The average Bonchev–Trinajstić information content (AvgIpc) is 3.63. The number of thiol groups is 1. The number of unbranched alkanes of at least 4 members (excludes halogenated alkanes) is 1. The third kappa shape index (κ3) is 16.7. The van der Waals surface area contributed by atoms with E-state index in [2.05, 4.69) is 59.8 Å². The summed E-state index contributed by atoms with van der Waals surface area (Å²) in [6, 6.07) is 4.30. The summed E-state index contributed by atoms with van der Waals surface area (Å²) < 4.78 is 0. The standard InChI is InChI=1S/C35H58N12O5S/c1-21(2)29(47-32(50)26(14-10-16-41-35(37)38)44-31(49)25(43-22(3)53)13-8-9-15-36)34(52)46-28(18-24-19-40-20-42-24)33(51)45-27(30(48)39-4)17-23-11-6-5-7-12-23/h5-7,11-12,19-22,25-29,43,53H,8-10,13-18,36H2,1-4H3,(H,39,48)(H,40,42)(H,44,49)(H,45,51)(H,46,52)(H,47,50)(H4,37,38,41)/t22?,25-,26-,27-,28-,29-/m0/s1. The Morgan fingerprint density at radius 1 is 0.811 bits per heavy atom. The van der Waals surface area contributed by atoms with Gasteiger partial charge in [-0.1, -0.05) is 50.6 Å². The van der Waals surface area contributed by atoms with Gasteiger partial charge in [0.05, 0.1) is 18.1 Å². The molecule has 0 aliphatic carbocycles. The second-order valence-electron chi connectivity index (χ2n) is 13.1. The summed E-state index contributed by atoms with van der Waals surface area (Å²) in [5.41, 5.74) is 12.4. The highest BCUT2D eigenvalue weighted by Gasteiger charge is 2.34. The number of rotatable bonds is 24. The smallest absolute Gasteiger partial charge is 0.243 e. The van der Waals surface area contributed by atoms with Gasteiger partial charge in [-0.3, -0.25) is 34.7 Å². The Hall–Kier alpha value is -4.68. The highest BCUT2D eigenvalue weighted by molar-refractivity contribution is 7.80. The van der Waals surface area contributed by atoms with E-state index in [4.69, 9.17) is 16.9 Å². The summed E-state index contributed by atoms with van der Waals surface area (Å²) in [5, 5.41) is 26.7. The van der Waals surface area contributed by atoms with Crippen LogP contribution in [0.1, 0.15) is 64.1 Å². The molecular formula is C35H58N12O5S. The Bertz CT molecular complexity index is 1440. The lowest BCUT2D eigenvalue weighted by Crippen LogP contribution is -2.60. The maximum atomic E-state index is 13.9. The van der Waals surface area contributed by atoms with Crippen LogP contribution < -0.4 is 48.7 Å². The predicted octanol–water partition coefficient (Wildman–Crippen LogP) is -0.838. The van der Waals surface area contributed by atoms with Gasteiger partial charge in [0.1, 0.15) is 24.2 Å². The van der Waals surface area contributed by atoms with Crippen LogP contribution in [0.3, 0.4) is 0 Å². The molecule has 2 aromatic rings. The molecular weight excluding hydrogens is 701 g/mol. The molecule has 1 unspecified atom stereocenters. The molecule has 2 rings (SSSR count). The van der Waals surface area contributed by atoms with Gasteiger partial charge in [0, 0.05) is 38.0 Å². The van der Waals surface area contributed by atoms with Gasteiger partial charge in [-0.2, -0.15) is 12.6 Å². The first kappa shape index (κ1) is 44.5. The molecule has 1 aromatic heterocycles. The number of guanidine groups is 1. The molecule has 0 spiro atoms. The van der Waals surface area contributed by atoms with Crippen LogP contribution >= 0.6 is 12.6 Å². The first-order valence-electron chi connectivity index (χ1n) is 17.9. The third-order valence-corrected chi connectivity index (χ3v) is 8.48. The van der Waals surface area contributed by atoms with Gasteiger partial charge in [-0.05, 0) is 50.6 Å². The molecule has 0 saturated carbocycles. The Kier molecular flexibility index (Phi) is 20.0. The summed E-state index contributed by atoms with van der Waals surface area (Å²) >= 11 is 4.38. The number of likely N-dealkylation sites (N-methyl/N-ethyl adjacent to an activating group) is 1. The number of aromatic nitrogens is 2. The van der Waals surface area contributed by atoms with Crippen molar-refractivity contribution >= 4 is 48.1 Å². The molecule has 0 aliphatic rings. The van der Waals surface area contributed by atoms with Gasteiger partial charge in [0.25, 0.3) is 0 Å². The van der Waals surface area contributed by atoms with E-state index >= 15 is 0 Å². The van der Waals surface area contributed by atoms with Crippen LogP contribution in [0.15, 0.2) is 42.9 Å². The molecule has 294 valence electrons. The maximum absolute atomic E-state index is 13.9. The number of H-pyrrole nitrogens is 1. The van der Waals surface area contributed by atoms with E-state index in [0.29, 0.717) is 31.5 Å². The van der Waals surface area contributed by atoms with Crippen molar-refractivity contribution in [3.05, 3.63) is 54.1 Å². The summed E-state index contributed by atoms with van der Waals surface area (Å²) in [7, 11) is 1.47. The van der Waals surface area contributed by atoms with E-state index in [1.807, 2.05) is 30.3 Å². The van der Waals surface area contributed by atoms with Gasteiger partial charge in [-0.15, -0.1) is 0 Å². The normalized spacial score (nSPS) is 14.5. The fourth-order valence-corrected chi connectivity index (χ4v) is 5.70. The van der Waals surface area contributed by atoms with E-state index in [0.717, 1.165) is 12.0 Å². The minimum Gasteiger partial charge on any atom is -0.370 e. The highest BCUT2D eigenvalue weighted by atomic mass is 32.1. The number of imidazole rings is 1. The first-order valence-corrected chi connectivity index (χ1v) is 18.4. The number of hydrogen-bond donors (Lipinski definition) is 12. The predicted molar refractivity (Wildman–Crippen MR) is 206 cm³/mol. The van der Waals surface area contributed by atoms with Crippen LogP contribution in [0.5, 0.6) is 0 Å². The molecule has 18 heteroatoms. The number of nitrogens with zero attached hydrogens (tertiary/aromatic N) is 1. The summed E-state index contributed by atoms with van der Waals surface area (Å²) in [4.78, 5) is 74.9. The lowest BCUT2D eigenvalue weighted by molar-refractivity contribution is -0.135. The van der Waals surface area contributed by atoms with E-state index in [1.54, 1.807) is 27.0 Å². The molecule has 0 bridgehead atoms. The Morgan fingerprint density at radius 2 is 1.42 bits per heavy atom. The first-order chi connectivity index (χ1) is 25.2. The maximum Gasteiger partial charge on any atom is 0.243 e. The topological polar surface area (TPSA) is 274 Å². The largest absolute Gasteiger partial charge is 0.370 e. The van der Waals surface area contributed by atoms with Crippen molar-refractivity contribution < 1.29 is 24.0 Å². The fourth-order valence-electron chi connectivity index (χ4n) is 5.52. The summed E-state index contributed by atoms with van der Waals surface area (Å²) in [6.45, 7) is 6.02. The van der Waals surface area contributed by atoms with Crippen molar-refractivity contribution in [1.29, 1.82) is 5.41 Å². The number of nitrogens with one attached hydrogen (secondary N) is 9. The molecule has 1 heterocycles. The molecule has 17 nitrogen and oxygen atoms in total. The molecule has 0 saturated heterocycles. The van der Waals surface area contributed by atoms with Crippen LogP contribution in [0.25, 0.3) is 0 Å². The summed E-state index contributed by atoms with van der Waals surface area (Å²) in [5.74, 6) is -3.35. The van der Waals surface area contributed by atoms with Gasteiger partial charge in [-0.25, -0.2) is 4.98 Å². The quantitative estimate of drug-likeness (QED) is 0.0208. The van der Waals surface area contributed by atoms with Crippen molar-refractivity contribution in [2.24, 2.45) is 17.4 Å². The zero-order valence-corrected chi connectivity index (χ0v) is 31.9. The molecule has 1 aromatic carbocycles. The third-order valence-electron chi connectivity index (χ3n) is 8.33. The van der Waals surface area contributed by atoms with Gasteiger partial charge in [0.2, 0.25) is 29.5 Å². The molecule has 0 radical (unpaired) electrons. The molecule has 5 amide bonds. The van der Waals surface area contributed by atoms with Crippen LogP contribution in [0.2, 0.25) is 0 Å². The Morgan fingerprint density at radius 3 is 2.00 bits per heavy atom. The van der Waals surface area contributed by atoms with E-state index in [-0.39, 0.29) is 37.1 Å². The zero-order valence-electron chi connectivity index (χ0n) is 31.0. The van der Waals surface area contributed by atoms with Crippen molar-refractivity contribution in [2.75, 3.05) is 20.1 Å². The molecule has 0 aliphatic heterocycles. The number of hydrogen-bond acceptors (Lipinski definition) is 10. The monoisotopic (exact) mass is 758 g/mol. The number of carbonyl (C=O) groups is 5. The number of nitrogens with two attached hydrogens (primary N) is 2. The van der Waals surface area contributed by atoms with Crippen LogP contribution in [-0.2, 0) is 36.8 Å². The number of carbonyl (C=O) groups excluding carboxylic acids is 5. The van der Waals surface area contributed by atoms with Gasteiger partial charge >= 0.3 is 0 Å². The average molecular weight is 759 g/mol. The zero-order chi connectivity index (χ0) is 39.3. The number of aromatic amines is 1. The second kappa shape index (κ2) is 23.8. The number of amides is 5. The molecule has 13 N–H and O–H groups in total. The van der Waals surface area contributed by atoms with E-state index in [9.17, 15) is 24.0 Å². The molecule has 53 heavy (non-hydrogen) atoms. The van der Waals surface area contributed by atoms with Crippen LogP contribution in [0.4, 0.5) is 0 Å². The second-order valence-corrected chi connectivity index (χ2v) is 13.9. The van der Waals surface area contributed by atoms with Gasteiger partial charge in [0.15, 0.2) is 5.96 Å². The fraction of sp³-hybridized carbons (Fsp3) is 0.571. The van der Waals surface area contributed by atoms with E-state index in [1.165, 1.54) is 13.4 Å². The lowest BCUT2D eigenvalue weighted by Gasteiger charge is -2.29. The Labute approximate surface area is 317 Å². The molecule has 0 fully saturated rings. The van der Waals surface area contributed by atoms with Crippen LogP contribution in [-0.4, -0.2) is 101 Å². The van der Waals surface area contributed by atoms with E-state index < -0.39 is 65.7 Å². The summed E-state index contributed by atoms with van der Waals surface area (Å²) in [6.07, 6.45) is 5.65. The van der Waals surface area contributed by atoms with Crippen molar-refractivity contribution in [3.8, 4) is 0 Å². The number of benzene rings is 1.